The van der Waals surface area contributed by atoms with E-state index < -0.39 is 5.97 Å². The van der Waals surface area contributed by atoms with Gasteiger partial charge in [-0.3, -0.25) is 9.89 Å². The monoisotopic (exact) mass is 399 g/mol. The average Bonchev–Trinajstić information content (AvgIpc) is 3.21. The van der Waals surface area contributed by atoms with E-state index in [4.69, 9.17) is 21.1 Å². The molecule has 0 saturated carbocycles. The van der Waals surface area contributed by atoms with Gasteiger partial charge in [-0.2, -0.15) is 5.10 Å². The van der Waals surface area contributed by atoms with Gasteiger partial charge < -0.3 is 14.8 Å². The van der Waals surface area contributed by atoms with Crippen molar-refractivity contribution in [2.75, 3.05) is 14.2 Å². The first kappa shape index (κ1) is 19.4. The molecule has 0 unspecified atom stereocenters. The number of carbonyl (C=O) groups excluding carboxylic acids is 2. The SMILES string of the molecule is COC(=O)c1cc(CNC(=O)c2cc(-c3cccc(Cl)c3)n[nH]2)ccc1OC. The zero-order valence-corrected chi connectivity index (χ0v) is 16.0. The molecule has 8 heteroatoms. The Morgan fingerprint density at radius 1 is 1.14 bits per heavy atom. The number of esters is 1. The summed E-state index contributed by atoms with van der Waals surface area (Å²) in [4.78, 5) is 24.3. The second kappa shape index (κ2) is 8.58. The minimum absolute atomic E-state index is 0.221. The van der Waals surface area contributed by atoms with Gasteiger partial charge in [0, 0.05) is 17.1 Å². The molecule has 1 heterocycles. The maximum Gasteiger partial charge on any atom is 0.341 e. The van der Waals surface area contributed by atoms with Gasteiger partial charge in [-0.15, -0.1) is 0 Å². The summed E-state index contributed by atoms with van der Waals surface area (Å²) < 4.78 is 9.91. The molecule has 0 atom stereocenters. The third-order valence-corrected chi connectivity index (χ3v) is 4.30. The number of rotatable bonds is 6. The molecule has 0 radical (unpaired) electrons. The first-order valence-corrected chi connectivity index (χ1v) is 8.74. The van der Waals surface area contributed by atoms with Crippen LogP contribution in [0.1, 0.15) is 26.4 Å². The van der Waals surface area contributed by atoms with E-state index in [1.165, 1.54) is 14.2 Å². The highest BCUT2D eigenvalue weighted by atomic mass is 35.5. The Hall–Kier alpha value is -3.32. The molecule has 0 bridgehead atoms. The lowest BCUT2D eigenvalue weighted by molar-refractivity contribution is 0.0597. The summed E-state index contributed by atoms with van der Waals surface area (Å²) in [6.07, 6.45) is 0. The molecule has 0 fully saturated rings. The summed E-state index contributed by atoms with van der Waals surface area (Å²) in [5.41, 5.74) is 2.76. The summed E-state index contributed by atoms with van der Waals surface area (Å²) in [6, 6.07) is 13.9. The Balaban J connectivity index is 1.70. The lowest BCUT2D eigenvalue weighted by Gasteiger charge is -2.10. The number of carbonyl (C=O) groups is 2. The number of aromatic amines is 1. The predicted octanol–water partition coefficient (Wildman–Crippen LogP) is 3.46. The molecule has 1 aromatic heterocycles. The first-order chi connectivity index (χ1) is 13.5. The van der Waals surface area contributed by atoms with Gasteiger partial charge >= 0.3 is 5.97 Å². The number of halogens is 1. The number of aromatic nitrogens is 2. The maximum atomic E-state index is 12.4. The number of nitrogens with one attached hydrogen (secondary N) is 2. The van der Waals surface area contributed by atoms with Gasteiger partial charge in [-0.05, 0) is 35.9 Å². The van der Waals surface area contributed by atoms with Crippen molar-refractivity contribution in [3.05, 3.63) is 70.4 Å². The van der Waals surface area contributed by atoms with Crippen molar-refractivity contribution < 1.29 is 19.1 Å². The van der Waals surface area contributed by atoms with Crippen LogP contribution in [0.2, 0.25) is 5.02 Å². The summed E-state index contributed by atoms with van der Waals surface area (Å²) in [5, 5.41) is 10.2. The Morgan fingerprint density at radius 2 is 1.96 bits per heavy atom. The zero-order chi connectivity index (χ0) is 20.1. The number of nitrogens with zero attached hydrogens (tertiary/aromatic N) is 1. The Morgan fingerprint density at radius 3 is 2.68 bits per heavy atom. The third kappa shape index (κ3) is 4.32. The molecule has 3 rings (SSSR count). The topological polar surface area (TPSA) is 93.3 Å². The van der Waals surface area contributed by atoms with Crippen LogP contribution in [0.5, 0.6) is 5.75 Å². The lowest BCUT2D eigenvalue weighted by Crippen LogP contribution is -2.23. The Labute approximate surface area is 166 Å². The van der Waals surface area contributed by atoms with Crippen molar-refractivity contribution >= 4 is 23.5 Å². The van der Waals surface area contributed by atoms with Crippen molar-refractivity contribution in [3.63, 3.8) is 0 Å². The van der Waals surface area contributed by atoms with Gasteiger partial charge in [0.25, 0.3) is 5.91 Å². The number of methoxy groups -OCH3 is 2. The molecule has 0 aliphatic heterocycles. The van der Waals surface area contributed by atoms with Crippen molar-refractivity contribution in [2.45, 2.75) is 6.54 Å². The van der Waals surface area contributed by atoms with E-state index in [2.05, 4.69) is 15.5 Å². The predicted molar refractivity (Wildman–Crippen MR) is 105 cm³/mol. The second-order valence-corrected chi connectivity index (χ2v) is 6.32. The molecule has 144 valence electrons. The summed E-state index contributed by atoms with van der Waals surface area (Å²) in [7, 11) is 2.77. The third-order valence-electron chi connectivity index (χ3n) is 4.07. The lowest BCUT2D eigenvalue weighted by atomic mass is 10.1. The van der Waals surface area contributed by atoms with Crippen molar-refractivity contribution in [1.29, 1.82) is 0 Å². The minimum Gasteiger partial charge on any atom is -0.496 e. The molecule has 0 spiro atoms. The molecule has 1 amide bonds. The average molecular weight is 400 g/mol. The number of hydrogen-bond acceptors (Lipinski definition) is 5. The van der Waals surface area contributed by atoms with Crippen LogP contribution in [0.15, 0.2) is 48.5 Å². The molecule has 28 heavy (non-hydrogen) atoms. The summed E-state index contributed by atoms with van der Waals surface area (Å²) >= 11 is 5.99. The van der Waals surface area contributed by atoms with Gasteiger partial charge in [0.1, 0.15) is 17.0 Å². The van der Waals surface area contributed by atoms with Crippen LogP contribution in [0.25, 0.3) is 11.3 Å². The van der Waals surface area contributed by atoms with Crippen LogP contribution in [0.4, 0.5) is 0 Å². The highest BCUT2D eigenvalue weighted by Gasteiger charge is 2.15. The number of hydrogen-bond donors (Lipinski definition) is 2. The molecular weight excluding hydrogens is 382 g/mol. The fraction of sp³-hybridized carbons (Fsp3) is 0.150. The molecule has 2 N–H and O–H groups in total. The number of H-pyrrole nitrogens is 1. The number of ether oxygens (including phenoxy) is 2. The minimum atomic E-state index is -0.509. The van der Waals surface area contributed by atoms with Gasteiger partial charge in [0.05, 0.1) is 19.9 Å². The maximum absolute atomic E-state index is 12.4. The Bertz CT molecular complexity index is 1020. The van der Waals surface area contributed by atoms with Crippen LogP contribution in [-0.4, -0.2) is 36.3 Å². The molecule has 2 aromatic carbocycles. The van der Waals surface area contributed by atoms with E-state index >= 15 is 0 Å². The Kier molecular flexibility index (Phi) is 5.96. The fourth-order valence-corrected chi connectivity index (χ4v) is 2.84. The molecule has 0 aliphatic rings. The van der Waals surface area contributed by atoms with E-state index in [0.29, 0.717) is 27.7 Å². The number of amides is 1. The van der Waals surface area contributed by atoms with Crippen LogP contribution < -0.4 is 10.1 Å². The van der Waals surface area contributed by atoms with Gasteiger partial charge in [0.2, 0.25) is 0 Å². The van der Waals surface area contributed by atoms with Gasteiger partial charge in [-0.25, -0.2) is 4.79 Å². The van der Waals surface area contributed by atoms with Gasteiger partial charge in [-0.1, -0.05) is 29.8 Å². The van der Waals surface area contributed by atoms with Crippen molar-refractivity contribution in [2.24, 2.45) is 0 Å². The zero-order valence-electron chi connectivity index (χ0n) is 15.3. The smallest absolute Gasteiger partial charge is 0.341 e. The van der Waals surface area contributed by atoms with E-state index in [0.717, 1.165) is 11.1 Å². The van der Waals surface area contributed by atoms with Crippen LogP contribution in [0, 0.1) is 0 Å². The van der Waals surface area contributed by atoms with Crippen LogP contribution >= 0.6 is 11.6 Å². The molecule has 7 nitrogen and oxygen atoms in total. The highest BCUT2D eigenvalue weighted by Crippen LogP contribution is 2.22. The van der Waals surface area contributed by atoms with Crippen LogP contribution in [-0.2, 0) is 11.3 Å². The normalized spacial score (nSPS) is 10.4. The van der Waals surface area contributed by atoms with Gasteiger partial charge in [0.15, 0.2) is 0 Å². The van der Waals surface area contributed by atoms with Crippen molar-refractivity contribution in [1.82, 2.24) is 15.5 Å². The summed E-state index contributed by atoms with van der Waals surface area (Å²) in [6.45, 7) is 0.221. The highest BCUT2D eigenvalue weighted by molar-refractivity contribution is 6.30. The van der Waals surface area contributed by atoms with E-state index in [1.807, 2.05) is 12.1 Å². The summed E-state index contributed by atoms with van der Waals surface area (Å²) in [5.74, 6) is -0.428. The van der Waals surface area contributed by atoms with Crippen LogP contribution in [0.3, 0.4) is 0 Å². The molecule has 0 saturated heterocycles. The van der Waals surface area contributed by atoms with E-state index in [-0.39, 0.29) is 12.5 Å². The fourth-order valence-electron chi connectivity index (χ4n) is 2.65. The molecule has 0 aliphatic carbocycles. The number of benzene rings is 2. The van der Waals surface area contributed by atoms with E-state index in [1.54, 1.807) is 36.4 Å². The molecular formula is C20H18ClN3O4. The first-order valence-electron chi connectivity index (χ1n) is 8.36. The largest absolute Gasteiger partial charge is 0.496 e. The molecule has 3 aromatic rings. The quantitative estimate of drug-likeness (QED) is 0.619. The van der Waals surface area contributed by atoms with Crippen molar-refractivity contribution in [3.8, 4) is 17.0 Å². The standard InChI is InChI=1S/C20H18ClN3O4/c1-27-18-7-6-12(8-15(18)20(26)28-2)11-22-19(25)17-10-16(23-24-17)13-4-3-5-14(21)9-13/h3-10H,11H2,1-2H3,(H,22,25)(H,23,24). The second-order valence-electron chi connectivity index (χ2n) is 5.89. The van der Waals surface area contributed by atoms with E-state index in [9.17, 15) is 9.59 Å².